The molecular weight excluding hydrogens is 489 g/mol. The third kappa shape index (κ3) is 6.35. The first-order chi connectivity index (χ1) is 14.2. The molecule has 2 rings (SSSR count). The highest BCUT2D eigenvalue weighted by Crippen LogP contribution is 2.38. The Balaban J connectivity index is 2.34. The summed E-state index contributed by atoms with van der Waals surface area (Å²) in [5.41, 5.74) is 0.581. The molecule has 0 aliphatic rings. The molecule has 0 N–H and O–H groups in total. The predicted molar refractivity (Wildman–Crippen MR) is 124 cm³/mol. The summed E-state index contributed by atoms with van der Waals surface area (Å²) in [6.45, 7) is 15.2. The number of hydrogen-bond donors (Lipinski definition) is 0. The number of nitrogens with zero attached hydrogens (tertiary/aromatic N) is 2. The van der Waals surface area contributed by atoms with Crippen LogP contribution in [0.25, 0.3) is 11.4 Å². The molecule has 0 atom stereocenters. The Kier molecular flexibility index (Phi) is 8.08. The van der Waals surface area contributed by atoms with Gasteiger partial charge in [0.25, 0.3) is 0 Å². The minimum Gasteiger partial charge on any atom is -0.490 e. The first-order valence-corrected chi connectivity index (χ1v) is 14.3. The van der Waals surface area contributed by atoms with Crippen LogP contribution in [0.3, 0.4) is 0 Å². The van der Waals surface area contributed by atoms with Crippen LogP contribution < -0.4 is 4.74 Å². The highest BCUT2D eigenvalue weighted by atomic mass is 79.9. The lowest BCUT2D eigenvalue weighted by atomic mass is 10.1. The quantitative estimate of drug-likeness (QED) is 0.206. The highest BCUT2D eigenvalue weighted by Gasteiger charge is 2.37. The molecule has 0 spiro atoms. The van der Waals surface area contributed by atoms with Crippen LogP contribution in [0.15, 0.2) is 24.4 Å². The predicted octanol–water partition coefficient (Wildman–Crippen LogP) is 7.45. The van der Waals surface area contributed by atoms with Crippen LogP contribution in [-0.4, -0.2) is 31.1 Å². The average Bonchev–Trinajstić information content (AvgIpc) is 3.10. The molecule has 0 fully saturated rings. The molecule has 2 aromatic rings. The summed E-state index contributed by atoms with van der Waals surface area (Å²) in [6, 6.07) is 5.27. The lowest BCUT2D eigenvalue weighted by Crippen LogP contribution is -2.41. The number of imidazole rings is 1. The summed E-state index contributed by atoms with van der Waals surface area (Å²) in [7, 11) is -1.91. The molecule has 0 saturated carbocycles. The van der Waals surface area contributed by atoms with Crippen molar-refractivity contribution in [1.82, 2.24) is 9.55 Å². The third-order valence-corrected chi connectivity index (χ3v) is 10.8. The molecule has 31 heavy (non-hydrogen) atoms. The van der Waals surface area contributed by atoms with Crippen LogP contribution in [0, 0.1) is 0 Å². The van der Waals surface area contributed by atoms with E-state index in [1.165, 1.54) is 4.57 Å². The molecule has 174 valence electrons. The van der Waals surface area contributed by atoms with E-state index < -0.39 is 20.2 Å². The van der Waals surface area contributed by atoms with E-state index in [1.807, 2.05) is 26.0 Å². The normalized spacial score (nSPS) is 13.2. The van der Waals surface area contributed by atoms with Gasteiger partial charge in [0.05, 0.1) is 12.2 Å². The smallest absolute Gasteiger partial charge is 0.434 e. The van der Waals surface area contributed by atoms with Crippen LogP contribution in [0.2, 0.25) is 18.1 Å². The Morgan fingerprint density at radius 1 is 1.13 bits per heavy atom. The highest BCUT2D eigenvalue weighted by molar-refractivity contribution is 9.08. The average molecular weight is 521 g/mol. The van der Waals surface area contributed by atoms with Crippen LogP contribution in [0.1, 0.15) is 51.9 Å². The van der Waals surface area contributed by atoms with Gasteiger partial charge in [-0.3, -0.25) is 0 Å². The molecular formula is C22H32BrF3N2O2Si. The number of hydrogen-bond acceptors (Lipinski definition) is 3. The zero-order valence-electron chi connectivity index (χ0n) is 19.2. The minimum atomic E-state index is -4.51. The number of alkyl halides is 4. The van der Waals surface area contributed by atoms with Gasteiger partial charge in [-0.05, 0) is 49.7 Å². The summed E-state index contributed by atoms with van der Waals surface area (Å²) < 4.78 is 53.6. The van der Waals surface area contributed by atoms with E-state index in [0.29, 0.717) is 29.9 Å². The topological polar surface area (TPSA) is 36.3 Å². The SMILES string of the molecule is CC(C)n1cc(C(F)(F)F)nc1-c1ccc(CBr)cc1OCCO[Si](C)(C)C(C)(C)C. The van der Waals surface area contributed by atoms with Crippen molar-refractivity contribution in [1.29, 1.82) is 0 Å². The van der Waals surface area contributed by atoms with Gasteiger partial charge in [-0.2, -0.15) is 13.2 Å². The van der Waals surface area contributed by atoms with Gasteiger partial charge in [0.15, 0.2) is 14.0 Å². The third-order valence-electron chi connectivity index (χ3n) is 5.63. The van der Waals surface area contributed by atoms with E-state index in [0.717, 1.165) is 11.8 Å². The van der Waals surface area contributed by atoms with E-state index in [1.54, 1.807) is 6.07 Å². The van der Waals surface area contributed by atoms with Gasteiger partial charge in [-0.25, -0.2) is 4.98 Å². The maximum absolute atomic E-state index is 13.3. The van der Waals surface area contributed by atoms with Crippen molar-refractivity contribution in [3.63, 3.8) is 0 Å². The molecule has 1 heterocycles. The monoisotopic (exact) mass is 520 g/mol. The van der Waals surface area contributed by atoms with Crippen molar-refractivity contribution in [3.05, 3.63) is 35.7 Å². The molecule has 1 aromatic heterocycles. The molecule has 0 aliphatic heterocycles. The van der Waals surface area contributed by atoms with Crippen molar-refractivity contribution >= 4 is 24.2 Å². The van der Waals surface area contributed by atoms with Crippen LogP contribution >= 0.6 is 15.9 Å². The molecule has 0 amide bonds. The van der Waals surface area contributed by atoms with E-state index in [-0.39, 0.29) is 16.9 Å². The van der Waals surface area contributed by atoms with E-state index in [2.05, 4.69) is 54.8 Å². The lowest BCUT2D eigenvalue weighted by molar-refractivity contribution is -0.140. The Hall–Kier alpha value is -1.32. The Bertz CT molecular complexity index is 890. The summed E-state index contributed by atoms with van der Waals surface area (Å²) in [5, 5.41) is 0.695. The fourth-order valence-corrected chi connectivity index (χ4v) is 4.12. The molecule has 1 aromatic carbocycles. The lowest BCUT2D eigenvalue weighted by Gasteiger charge is -2.36. The van der Waals surface area contributed by atoms with Gasteiger partial charge in [0, 0.05) is 17.6 Å². The molecule has 4 nitrogen and oxygen atoms in total. The molecule has 0 radical (unpaired) electrons. The first-order valence-electron chi connectivity index (χ1n) is 10.3. The van der Waals surface area contributed by atoms with Crippen LogP contribution in [-0.2, 0) is 15.9 Å². The summed E-state index contributed by atoms with van der Waals surface area (Å²) in [4.78, 5) is 3.91. The fourth-order valence-electron chi connectivity index (χ4n) is 2.74. The standard InChI is InChI=1S/C22H32BrF3N2O2Si/c1-15(2)28-14-19(22(24,25)26)27-20(28)17-9-8-16(13-23)12-18(17)29-10-11-30-31(6,7)21(3,4)5/h8-9,12,14-15H,10-11,13H2,1-7H3. The Morgan fingerprint density at radius 2 is 1.77 bits per heavy atom. The van der Waals surface area contributed by atoms with Gasteiger partial charge < -0.3 is 13.7 Å². The summed E-state index contributed by atoms with van der Waals surface area (Å²) in [5.74, 6) is 0.737. The van der Waals surface area contributed by atoms with Crippen LogP contribution in [0.4, 0.5) is 13.2 Å². The maximum Gasteiger partial charge on any atom is 0.434 e. The van der Waals surface area contributed by atoms with E-state index >= 15 is 0 Å². The molecule has 0 saturated heterocycles. The Morgan fingerprint density at radius 3 is 2.29 bits per heavy atom. The van der Waals surface area contributed by atoms with Gasteiger partial charge in [0.2, 0.25) is 0 Å². The molecule has 9 heteroatoms. The van der Waals surface area contributed by atoms with Crippen molar-refractivity contribution in [3.8, 4) is 17.1 Å². The zero-order chi connectivity index (χ0) is 23.6. The number of rotatable bonds is 8. The second-order valence-corrected chi connectivity index (χ2v) is 14.7. The molecule has 0 bridgehead atoms. The van der Waals surface area contributed by atoms with Gasteiger partial charge in [-0.1, -0.05) is 42.8 Å². The summed E-state index contributed by atoms with van der Waals surface area (Å²) in [6.07, 6.45) is -3.45. The minimum absolute atomic E-state index is 0.0874. The second kappa shape index (κ2) is 9.66. The maximum atomic E-state index is 13.3. The van der Waals surface area contributed by atoms with Crippen molar-refractivity contribution in [2.24, 2.45) is 0 Å². The van der Waals surface area contributed by atoms with Crippen molar-refractivity contribution in [2.75, 3.05) is 13.2 Å². The zero-order valence-corrected chi connectivity index (χ0v) is 21.8. The number of benzene rings is 1. The van der Waals surface area contributed by atoms with Crippen molar-refractivity contribution in [2.45, 2.75) is 70.3 Å². The summed E-state index contributed by atoms with van der Waals surface area (Å²) >= 11 is 3.43. The number of ether oxygens (including phenoxy) is 1. The number of aromatic nitrogens is 2. The second-order valence-electron chi connectivity index (χ2n) is 9.37. The van der Waals surface area contributed by atoms with Gasteiger partial charge in [0.1, 0.15) is 18.2 Å². The van der Waals surface area contributed by atoms with Crippen LogP contribution in [0.5, 0.6) is 5.75 Å². The Labute approximate surface area is 192 Å². The van der Waals surface area contributed by atoms with Crippen molar-refractivity contribution < 1.29 is 22.3 Å². The molecule has 0 unspecified atom stereocenters. The fraction of sp³-hybridized carbons (Fsp3) is 0.591. The number of halogens is 4. The van der Waals surface area contributed by atoms with E-state index in [9.17, 15) is 13.2 Å². The largest absolute Gasteiger partial charge is 0.490 e. The van der Waals surface area contributed by atoms with Gasteiger partial charge in [-0.15, -0.1) is 0 Å². The van der Waals surface area contributed by atoms with E-state index in [4.69, 9.17) is 9.16 Å². The van der Waals surface area contributed by atoms with Gasteiger partial charge >= 0.3 is 6.18 Å². The first kappa shape index (κ1) is 25.9. The molecule has 0 aliphatic carbocycles.